The normalized spacial score (nSPS) is 15.5. The van der Waals surface area contributed by atoms with E-state index in [1.165, 1.54) is 0 Å². The summed E-state index contributed by atoms with van der Waals surface area (Å²) in [6, 6.07) is 1.75. The SMILES string of the molecule is Cc1cnc2cc(N3CCN(C(=O)OC(C)(C)C)CC3)c(=O)[nH]c2n1. The van der Waals surface area contributed by atoms with E-state index < -0.39 is 5.60 Å². The van der Waals surface area contributed by atoms with Gasteiger partial charge in [0, 0.05) is 32.4 Å². The van der Waals surface area contributed by atoms with Crippen molar-refractivity contribution >= 4 is 22.9 Å². The Morgan fingerprint density at radius 1 is 1.24 bits per heavy atom. The first kappa shape index (κ1) is 17.2. The van der Waals surface area contributed by atoms with Crippen LogP contribution in [0.1, 0.15) is 26.5 Å². The molecule has 0 bridgehead atoms. The number of aromatic amines is 1. The summed E-state index contributed by atoms with van der Waals surface area (Å²) >= 11 is 0. The Kier molecular flexibility index (Phi) is 4.36. The first-order valence-electron chi connectivity index (χ1n) is 8.32. The maximum Gasteiger partial charge on any atom is 0.410 e. The molecule has 1 saturated heterocycles. The van der Waals surface area contributed by atoms with E-state index in [4.69, 9.17) is 4.74 Å². The van der Waals surface area contributed by atoms with E-state index in [9.17, 15) is 9.59 Å². The van der Waals surface area contributed by atoms with Crippen LogP contribution in [0.3, 0.4) is 0 Å². The Balaban J connectivity index is 1.74. The number of anilines is 1. The number of pyridine rings is 1. The molecule has 1 amide bonds. The van der Waals surface area contributed by atoms with Gasteiger partial charge in [0.1, 0.15) is 16.8 Å². The van der Waals surface area contributed by atoms with Crippen molar-refractivity contribution in [3.05, 3.63) is 28.3 Å². The molecule has 2 aromatic rings. The lowest BCUT2D eigenvalue weighted by Gasteiger charge is -2.36. The fourth-order valence-electron chi connectivity index (χ4n) is 2.74. The van der Waals surface area contributed by atoms with Crippen molar-refractivity contribution in [2.45, 2.75) is 33.3 Å². The number of hydrogen-bond acceptors (Lipinski definition) is 6. The number of ether oxygens (including phenoxy) is 1. The predicted molar refractivity (Wildman–Crippen MR) is 94.9 cm³/mol. The first-order valence-corrected chi connectivity index (χ1v) is 8.32. The molecule has 8 nitrogen and oxygen atoms in total. The van der Waals surface area contributed by atoms with Crippen molar-refractivity contribution in [3.8, 4) is 0 Å². The number of aryl methyl sites for hydroxylation is 1. The molecule has 0 spiro atoms. The molecule has 1 fully saturated rings. The number of piperazine rings is 1. The van der Waals surface area contributed by atoms with Crippen LogP contribution in [0.4, 0.5) is 10.5 Å². The van der Waals surface area contributed by atoms with Gasteiger partial charge < -0.3 is 19.5 Å². The van der Waals surface area contributed by atoms with Gasteiger partial charge in [-0.3, -0.25) is 9.78 Å². The molecule has 25 heavy (non-hydrogen) atoms. The molecule has 0 unspecified atom stereocenters. The van der Waals surface area contributed by atoms with Crippen molar-refractivity contribution in [3.63, 3.8) is 0 Å². The van der Waals surface area contributed by atoms with E-state index in [2.05, 4.69) is 15.0 Å². The average Bonchev–Trinajstić information content (AvgIpc) is 2.52. The lowest BCUT2D eigenvalue weighted by Crippen LogP contribution is -2.51. The van der Waals surface area contributed by atoms with Gasteiger partial charge in [-0.25, -0.2) is 9.78 Å². The summed E-state index contributed by atoms with van der Waals surface area (Å²) in [4.78, 5) is 39.5. The third-order valence-corrected chi connectivity index (χ3v) is 3.93. The van der Waals surface area contributed by atoms with Crippen LogP contribution in [0, 0.1) is 6.92 Å². The number of amides is 1. The Hall–Kier alpha value is -2.64. The van der Waals surface area contributed by atoms with Crippen LogP contribution in [0.5, 0.6) is 0 Å². The van der Waals surface area contributed by atoms with E-state index in [0.717, 1.165) is 5.69 Å². The minimum atomic E-state index is -0.513. The summed E-state index contributed by atoms with van der Waals surface area (Å²) in [6.07, 6.45) is 1.35. The molecular formula is C17H23N5O3. The van der Waals surface area contributed by atoms with Crippen molar-refractivity contribution in [2.24, 2.45) is 0 Å². The predicted octanol–water partition coefficient (Wildman–Crippen LogP) is 1.68. The van der Waals surface area contributed by atoms with Crippen LogP contribution in [-0.4, -0.2) is 57.7 Å². The minimum Gasteiger partial charge on any atom is -0.444 e. The molecular weight excluding hydrogens is 322 g/mol. The highest BCUT2D eigenvalue weighted by atomic mass is 16.6. The van der Waals surface area contributed by atoms with Gasteiger partial charge in [0.2, 0.25) is 0 Å². The molecule has 1 aliphatic rings. The molecule has 0 radical (unpaired) electrons. The van der Waals surface area contributed by atoms with Gasteiger partial charge in [-0.1, -0.05) is 0 Å². The minimum absolute atomic E-state index is 0.196. The Morgan fingerprint density at radius 3 is 2.56 bits per heavy atom. The molecule has 0 aromatic carbocycles. The van der Waals surface area contributed by atoms with Crippen LogP contribution in [0.2, 0.25) is 0 Å². The zero-order valence-electron chi connectivity index (χ0n) is 15.0. The van der Waals surface area contributed by atoms with E-state index in [1.807, 2.05) is 32.6 Å². The first-order chi connectivity index (χ1) is 11.7. The number of H-pyrrole nitrogens is 1. The molecule has 8 heteroatoms. The third kappa shape index (κ3) is 3.89. The summed E-state index contributed by atoms with van der Waals surface area (Å²) in [5.74, 6) is 0. The topological polar surface area (TPSA) is 91.4 Å². The number of nitrogens with one attached hydrogen (secondary N) is 1. The number of carbonyl (C=O) groups is 1. The van der Waals surface area contributed by atoms with Crippen LogP contribution in [-0.2, 0) is 4.74 Å². The number of nitrogens with zero attached hydrogens (tertiary/aromatic N) is 4. The maximum atomic E-state index is 12.4. The average molecular weight is 345 g/mol. The van der Waals surface area contributed by atoms with Crippen LogP contribution >= 0.6 is 0 Å². The van der Waals surface area contributed by atoms with Gasteiger partial charge in [0.15, 0.2) is 5.65 Å². The smallest absolute Gasteiger partial charge is 0.410 e. The van der Waals surface area contributed by atoms with Gasteiger partial charge >= 0.3 is 6.09 Å². The second-order valence-corrected chi connectivity index (χ2v) is 7.18. The molecule has 0 atom stereocenters. The van der Waals surface area contributed by atoms with Gasteiger partial charge in [0.25, 0.3) is 5.56 Å². The molecule has 1 aliphatic heterocycles. The van der Waals surface area contributed by atoms with E-state index in [1.54, 1.807) is 17.2 Å². The molecule has 3 rings (SSSR count). The quantitative estimate of drug-likeness (QED) is 0.845. The number of hydrogen-bond donors (Lipinski definition) is 1. The van der Waals surface area contributed by atoms with E-state index in [0.29, 0.717) is 43.0 Å². The molecule has 2 aromatic heterocycles. The van der Waals surface area contributed by atoms with Gasteiger partial charge in [-0.15, -0.1) is 0 Å². The second-order valence-electron chi connectivity index (χ2n) is 7.18. The zero-order chi connectivity index (χ0) is 18.2. The molecule has 134 valence electrons. The molecule has 0 saturated carbocycles. The number of aromatic nitrogens is 3. The van der Waals surface area contributed by atoms with Gasteiger partial charge in [0.05, 0.1) is 5.69 Å². The van der Waals surface area contributed by atoms with Crippen LogP contribution in [0.15, 0.2) is 17.1 Å². The van der Waals surface area contributed by atoms with Gasteiger partial charge in [-0.05, 0) is 33.8 Å². The number of carbonyl (C=O) groups excluding carboxylic acids is 1. The Labute approximate surface area is 145 Å². The summed E-state index contributed by atoms with van der Waals surface area (Å²) in [5, 5.41) is 0. The third-order valence-electron chi connectivity index (χ3n) is 3.93. The van der Waals surface area contributed by atoms with Crippen LogP contribution < -0.4 is 10.5 Å². The lowest BCUT2D eigenvalue weighted by atomic mass is 10.2. The van der Waals surface area contributed by atoms with E-state index >= 15 is 0 Å². The number of fused-ring (bicyclic) bond motifs is 1. The Bertz CT molecular complexity index is 847. The standard InChI is InChI=1S/C17H23N5O3/c1-11-10-18-12-9-13(15(23)20-14(12)19-11)21-5-7-22(8-6-21)16(24)25-17(2,3)4/h9-10H,5-8H2,1-4H3,(H,19,20,23). The molecule has 3 heterocycles. The lowest BCUT2D eigenvalue weighted by molar-refractivity contribution is 0.0240. The summed E-state index contributed by atoms with van der Waals surface area (Å²) in [6.45, 7) is 9.50. The van der Waals surface area contributed by atoms with Crippen molar-refractivity contribution in [1.82, 2.24) is 19.9 Å². The van der Waals surface area contributed by atoms with E-state index in [-0.39, 0.29) is 11.7 Å². The fraction of sp³-hybridized carbons (Fsp3) is 0.529. The zero-order valence-corrected chi connectivity index (χ0v) is 15.0. The molecule has 1 N–H and O–H groups in total. The maximum absolute atomic E-state index is 12.4. The largest absolute Gasteiger partial charge is 0.444 e. The number of rotatable bonds is 1. The highest BCUT2D eigenvalue weighted by molar-refractivity contribution is 5.74. The second kappa shape index (κ2) is 6.34. The van der Waals surface area contributed by atoms with Crippen LogP contribution in [0.25, 0.3) is 11.2 Å². The summed E-state index contributed by atoms with van der Waals surface area (Å²) in [7, 11) is 0. The summed E-state index contributed by atoms with van der Waals surface area (Å²) < 4.78 is 5.39. The van der Waals surface area contributed by atoms with Crippen molar-refractivity contribution in [1.29, 1.82) is 0 Å². The van der Waals surface area contributed by atoms with Crippen molar-refractivity contribution < 1.29 is 9.53 Å². The summed E-state index contributed by atoms with van der Waals surface area (Å²) in [5.41, 5.74) is 1.73. The Morgan fingerprint density at radius 2 is 1.92 bits per heavy atom. The van der Waals surface area contributed by atoms with Gasteiger partial charge in [-0.2, -0.15) is 0 Å². The molecule has 0 aliphatic carbocycles. The monoisotopic (exact) mass is 345 g/mol. The highest BCUT2D eigenvalue weighted by Crippen LogP contribution is 2.17. The highest BCUT2D eigenvalue weighted by Gasteiger charge is 2.26. The fourth-order valence-corrected chi connectivity index (χ4v) is 2.74. The van der Waals surface area contributed by atoms with Crippen molar-refractivity contribution in [2.75, 3.05) is 31.1 Å².